The van der Waals surface area contributed by atoms with E-state index in [4.69, 9.17) is 9.72 Å². The maximum atomic E-state index is 13.4. The molecule has 4 rings (SSSR count). The first kappa shape index (κ1) is 21.9. The number of carbonyl (C=O) groups is 1. The van der Waals surface area contributed by atoms with Crippen molar-refractivity contribution in [2.75, 3.05) is 44.3 Å². The summed E-state index contributed by atoms with van der Waals surface area (Å²) in [6, 6.07) is 12.6. The third-order valence-electron chi connectivity index (χ3n) is 5.86. The molecule has 31 heavy (non-hydrogen) atoms. The van der Waals surface area contributed by atoms with Gasteiger partial charge in [-0.1, -0.05) is 41.2 Å². The van der Waals surface area contributed by atoms with E-state index in [0.717, 1.165) is 60.2 Å². The molecule has 1 aliphatic rings. The number of hydrogen-bond donors (Lipinski definition) is 0. The molecule has 0 saturated carbocycles. The number of fused-ring (bicyclic) bond motifs is 1. The van der Waals surface area contributed by atoms with Crippen LogP contribution >= 0.6 is 11.3 Å². The van der Waals surface area contributed by atoms with Crippen molar-refractivity contribution in [1.82, 2.24) is 9.88 Å². The summed E-state index contributed by atoms with van der Waals surface area (Å²) in [5, 5.41) is 0.803. The zero-order valence-corrected chi connectivity index (χ0v) is 19.5. The molecule has 1 fully saturated rings. The lowest BCUT2D eigenvalue weighted by Gasteiger charge is -2.27. The zero-order valence-electron chi connectivity index (χ0n) is 18.7. The molecule has 0 N–H and O–H groups in total. The summed E-state index contributed by atoms with van der Waals surface area (Å²) in [5.74, 6) is 0.115. The second kappa shape index (κ2) is 9.90. The van der Waals surface area contributed by atoms with Crippen molar-refractivity contribution in [3.05, 3.63) is 58.7 Å². The molecule has 1 amide bonds. The number of thiazole rings is 1. The highest BCUT2D eigenvalue weighted by atomic mass is 32.1. The topological polar surface area (TPSA) is 45.7 Å². The average molecular weight is 438 g/mol. The van der Waals surface area contributed by atoms with E-state index in [1.165, 1.54) is 16.7 Å². The highest BCUT2D eigenvalue weighted by molar-refractivity contribution is 7.22. The molecule has 0 unspecified atom stereocenters. The number of rotatable bonds is 7. The number of hydrogen-bond acceptors (Lipinski definition) is 5. The highest BCUT2D eigenvalue weighted by Gasteiger charge is 2.21. The Kier molecular flexibility index (Phi) is 7.00. The fourth-order valence-corrected chi connectivity index (χ4v) is 5.15. The molecule has 2 aromatic carbocycles. The van der Waals surface area contributed by atoms with Crippen molar-refractivity contribution >= 4 is 32.6 Å². The van der Waals surface area contributed by atoms with Crippen LogP contribution in [0.5, 0.6) is 0 Å². The van der Waals surface area contributed by atoms with E-state index in [-0.39, 0.29) is 5.91 Å². The lowest BCUT2D eigenvalue weighted by Crippen LogP contribution is -2.39. The van der Waals surface area contributed by atoms with Crippen LogP contribution < -0.4 is 4.90 Å². The molecule has 1 saturated heterocycles. The molecule has 0 radical (unpaired) electrons. The Morgan fingerprint density at radius 3 is 2.61 bits per heavy atom. The van der Waals surface area contributed by atoms with Crippen molar-refractivity contribution < 1.29 is 9.53 Å². The normalized spacial score (nSPS) is 14.8. The smallest absolute Gasteiger partial charge is 0.233 e. The molecular formula is C25H31N3O2S. The summed E-state index contributed by atoms with van der Waals surface area (Å²) >= 11 is 1.61. The third-order valence-corrected chi connectivity index (χ3v) is 6.91. The predicted octanol–water partition coefficient (Wildman–Crippen LogP) is 4.52. The van der Waals surface area contributed by atoms with Crippen LogP contribution in [-0.2, 0) is 16.0 Å². The molecule has 0 spiro atoms. The fourth-order valence-electron chi connectivity index (χ4n) is 4.04. The van der Waals surface area contributed by atoms with Gasteiger partial charge in [-0.3, -0.25) is 14.6 Å². The third kappa shape index (κ3) is 5.50. The van der Waals surface area contributed by atoms with E-state index in [0.29, 0.717) is 13.0 Å². The summed E-state index contributed by atoms with van der Waals surface area (Å²) in [6.45, 7) is 11.4. The van der Waals surface area contributed by atoms with Crippen molar-refractivity contribution in [1.29, 1.82) is 0 Å². The Bertz CT molecular complexity index is 1060. The van der Waals surface area contributed by atoms with E-state index in [1.807, 2.05) is 11.0 Å². The van der Waals surface area contributed by atoms with Gasteiger partial charge in [-0.2, -0.15) is 0 Å². The molecule has 2 heterocycles. The van der Waals surface area contributed by atoms with Gasteiger partial charge < -0.3 is 4.74 Å². The Hall–Kier alpha value is -2.28. The quantitative estimate of drug-likeness (QED) is 0.545. The minimum atomic E-state index is 0.115. The molecule has 164 valence electrons. The van der Waals surface area contributed by atoms with E-state index in [2.05, 4.69) is 56.0 Å². The van der Waals surface area contributed by atoms with Crippen molar-refractivity contribution in [3.8, 4) is 0 Å². The molecular weight excluding hydrogens is 406 g/mol. The van der Waals surface area contributed by atoms with Crippen LogP contribution in [0.25, 0.3) is 10.2 Å². The van der Waals surface area contributed by atoms with Crippen molar-refractivity contribution in [2.45, 2.75) is 33.6 Å². The van der Waals surface area contributed by atoms with E-state index in [9.17, 15) is 4.79 Å². The monoisotopic (exact) mass is 437 g/mol. The lowest BCUT2D eigenvalue weighted by molar-refractivity contribution is -0.118. The van der Waals surface area contributed by atoms with Crippen LogP contribution in [-0.4, -0.2) is 55.2 Å². The fraction of sp³-hybridized carbons (Fsp3) is 0.440. The number of benzene rings is 2. The Morgan fingerprint density at radius 1 is 1.10 bits per heavy atom. The van der Waals surface area contributed by atoms with Crippen LogP contribution in [0, 0.1) is 20.8 Å². The van der Waals surface area contributed by atoms with Gasteiger partial charge in [-0.15, -0.1) is 0 Å². The number of morpholine rings is 1. The number of aromatic nitrogens is 1. The number of aryl methyl sites for hydroxylation is 3. The van der Waals surface area contributed by atoms with Crippen LogP contribution in [0.4, 0.5) is 5.13 Å². The van der Waals surface area contributed by atoms with Crippen LogP contribution in [0.1, 0.15) is 28.7 Å². The number of amides is 1. The molecule has 0 atom stereocenters. The SMILES string of the molecule is Cc1ccc(CC(=O)N(CCCN2CCOCC2)c2nc3ccc(C)cc3s2)c(C)c1. The standard InChI is InChI=1S/C25H31N3O2S/c1-18-5-7-21(20(3)15-18)17-24(29)28(10-4-9-27-11-13-30-14-12-27)25-26-22-8-6-19(2)16-23(22)31-25/h5-8,15-16H,4,9-14,17H2,1-3H3. The number of anilines is 1. The van der Waals surface area contributed by atoms with Gasteiger partial charge in [0.15, 0.2) is 5.13 Å². The summed E-state index contributed by atoms with van der Waals surface area (Å²) in [6.07, 6.45) is 1.33. The number of nitrogens with zero attached hydrogens (tertiary/aromatic N) is 3. The molecule has 1 aliphatic heterocycles. The minimum absolute atomic E-state index is 0.115. The molecule has 0 bridgehead atoms. The summed E-state index contributed by atoms with van der Waals surface area (Å²) in [4.78, 5) is 22.6. The van der Waals surface area contributed by atoms with Crippen LogP contribution in [0.15, 0.2) is 36.4 Å². The first-order chi connectivity index (χ1) is 15.0. The number of ether oxygens (including phenoxy) is 1. The van der Waals surface area contributed by atoms with E-state index in [1.54, 1.807) is 11.3 Å². The maximum Gasteiger partial charge on any atom is 0.233 e. The Labute approximate surface area is 188 Å². The predicted molar refractivity (Wildman–Crippen MR) is 128 cm³/mol. The van der Waals surface area contributed by atoms with Gasteiger partial charge in [-0.05, 0) is 56.0 Å². The molecule has 6 heteroatoms. The summed E-state index contributed by atoms with van der Waals surface area (Å²) < 4.78 is 6.58. The maximum absolute atomic E-state index is 13.4. The van der Waals surface area contributed by atoms with Crippen LogP contribution in [0.2, 0.25) is 0 Å². The second-order valence-corrected chi connectivity index (χ2v) is 9.44. The van der Waals surface area contributed by atoms with Gasteiger partial charge >= 0.3 is 0 Å². The molecule has 5 nitrogen and oxygen atoms in total. The average Bonchev–Trinajstić information content (AvgIpc) is 3.16. The molecule has 0 aliphatic carbocycles. The highest BCUT2D eigenvalue weighted by Crippen LogP contribution is 2.30. The van der Waals surface area contributed by atoms with Gasteiger partial charge in [0.2, 0.25) is 5.91 Å². The molecule has 3 aromatic rings. The van der Waals surface area contributed by atoms with Crippen molar-refractivity contribution in [2.24, 2.45) is 0 Å². The van der Waals surface area contributed by atoms with Gasteiger partial charge in [0, 0.05) is 26.2 Å². The van der Waals surface area contributed by atoms with Gasteiger partial charge in [-0.25, -0.2) is 4.98 Å². The van der Waals surface area contributed by atoms with Gasteiger partial charge in [0.05, 0.1) is 29.9 Å². The van der Waals surface area contributed by atoms with Crippen LogP contribution in [0.3, 0.4) is 0 Å². The zero-order chi connectivity index (χ0) is 21.8. The molecule has 1 aromatic heterocycles. The lowest BCUT2D eigenvalue weighted by atomic mass is 10.0. The first-order valence-electron chi connectivity index (χ1n) is 11.0. The second-order valence-electron chi connectivity index (χ2n) is 8.43. The van der Waals surface area contributed by atoms with Gasteiger partial charge in [0.25, 0.3) is 0 Å². The Balaban J connectivity index is 1.53. The summed E-state index contributed by atoms with van der Waals surface area (Å²) in [7, 11) is 0. The Morgan fingerprint density at radius 2 is 1.84 bits per heavy atom. The van der Waals surface area contributed by atoms with Crippen molar-refractivity contribution in [3.63, 3.8) is 0 Å². The van der Waals surface area contributed by atoms with Gasteiger partial charge in [0.1, 0.15) is 0 Å². The largest absolute Gasteiger partial charge is 0.379 e. The summed E-state index contributed by atoms with van der Waals surface area (Å²) in [5.41, 5.74) is 5.65. The number of carbonyl (C=O) groups excluding carboxylic acids is 1. The minimum Gasteiger partial charge on any atom is -0.379 e. The van der Waals surface area contributed by atoms with E-state index < -0.39 is 0 Å². The van der Waals surface area contributed by atoms with E-state index >= 15 is 0 Å². The first-order valence-corrected chi connectivity index (χ1v) is 11.8.